The normalized spacial score (nSPS) is 14.5. The largest absolute Gasteiger partial charge is 0.480 e. The average molecular weight is 450 g/mol. The molecule has 11 nitrogen and oxygen atoms in total. The molecular weight excluding hydrogens is 418 g/mol. The lowest BCUT2D eigenvalue weighted by Crippen LogP contribution is -2.58. The van der Waals surface area contributed by atoms with E-state index < -0.39 is 60.2 Å². The smallest absolute Gasteiger partial charge is 0.325 e. The predicted molar refractivity (Wildman–Crippen MR) is 116 cm³/mol. The first kappa shape index (κ1) is 26.6. The van der Waals surface area contributed by atoms with Gasteiger partial charge in [-0.1, -0.05) is 44.2 Å². The van der Waals surface area contributed by atoms with Gasteiger partial charge in [-0.15, -0.1) is 0 Å². The highest BCUT2D eigenvalue weighted by Crippen LogP contribution is 2.07. The zero-order valence-electron chi connectivity index (χ0n) is 18.3. The fourth-order valence-electron chi connectivity index (χ4n) is 2.80. The third-order valence-electron chi connectivity index (χ3n) is 4.65. The Morgan fingerprint density at radius 2 is 1.50 bits per heavy atom. The highest BCUT2D eigenvalue weighted by Gasteiger charge is 2.31. The zero-order chi connectivity index (χ0) is 24.4. The first-order valence-electron chi connectivity index (χ1n) is 10.1. The molecule has 4 amide bonds. The first-order valence-corrected chi connectivity index (χ1v) is 10.1. The molecule has 176 valence electrons. The maximum atomic E-state index is 13.0. The number of hydrogen-bond acceptors (Lipinski definition) is 6. The van der Waals surface area contributed by atoms with Crippen LogP contribution in [0.15, 0.2) is 30.3 Å². The van der Waals surface area contributed by atoms with E-state index in [4.69, 9.17) is 16.6 Å². The van der Waals surface area contributed by atoms with Crippen LogP contribution in [-0.2, 0) is 30.4 Å². The van der Waals surface area contributed by atoms with Gasteiger partial charge in [-0.2, -0.15) is 0 Å². The van der Waals surface area contributed by atoms with Crippen molar-refractivity contribution in [3.63, 3.8) is 0 Å². The Morgan fingerprint density at radius 3 is 2.00 bits per heavy atom. The van der Waals surface area contributed by atoms with E-state index in [1.807, 2.05) is 0 Å². The summed E-state index contributed by atoms with van der Waals surface area (Å²) < 4.78 is 0. The molecule has 0 spiro atoms. The van der Waals surface area contributed by atoms with Crippen LogP contribution in [0, 0.1) is 5.92 Å². The minimum absolute atomic E-state index is 0.0969. The molecule has 0 radical (unpaired) electrons. The second kappa shape index (κ2) is 12.4. The summed E-state index contributed by atoms with van der Waals surface area (Å²) in [6.45, 7) is 4.67. The fourth-order valence-corrected chi connectivity index (χ4v) is 2.80. The third-order valence-corrected chi connectivity index (χ3v) is 4.65. The summed E-state index contributed by atoms with van der Waals surface area (Å²) >= 11 is 0. The number of carbonyl (C=O) groups excluding carboxylic acids is 4. The van der Waals surface area contributed by atoms with Crippen LogP contribution in [0.4, 0.5) is 0 Å². The molecule has 4 atom stereocenters. The van der Waals surface area contributed by atoms with E-state index in [-0.39, 0.29) is 12.3 Å². The molecule has 1 rings (SSSR count). The van der Waals surface area contributed by atoms with Crippen LogP contribution in [0.5, 0.6) is 0 Å². The first-order chi connectivity index (χ1) is 14.9. The number of nitrogens with two attached hydrogens (primary N) is 2. The van der Waals surface area contributed by atoms with E-state index in [1.165, 1.54) is 6.92 Å². The Balaban J connectivity index is 3.03. The van der Waals surface area contributed by atoms with Crippen LogP contribution in [0.25, 0.3) is 0 Å². The van der Waals surface area contributed by atoms with E-state index in [1.54, 1.807) is 44.2 Å². The Labute approximate surface area is 186 Å². The van der Waals surface area contributed by atoms with Crippen molar-refractivity contribution in [2.75, 3.05) is 0 Å². The Bertz CT molecular complexity index is 829. The molecule has 0 heterocycles. The highest BCUT2D eigenvalue weighted by molar-refractivity contribution is 5.95. The number of benzene rings is 1. The van der Waals surface area contributed by atoms with Crippen LogP contribution >= 0.6 is 0 Å². The van der Waals surface area contributed by atoms with Gasteiger partial charge >= 0.3 is 5.97 Å². The number of carbonyl (C=O) groups is 5. The van der Waals surface area contributed by atoms with Gasteiger partial charge in [0, 0.05) is 6.42 Å². The lowest BCUT2D eigenvalue weighted by Gasteiger charge is -2.26. The van der Waals surface area contributed by atoms with Crippen LogP contribution < -0.4 is 27.4 Å². The number of amides is 4. The summed E-state index contributed by atoms with van der Waals surface area (Å²) in [6.07, 6.45) is -0.296. The van der Waals surface area contributed by atoms with Crippen LogP contribution in [0.3, 0.4) is 0 Å². The van der Waals surface area contributed by atoms with Gasteiger partial charge in [-0.25, -0.2) is 0 Å². The van der Waals surface area contributed by atoms with Gasteiger partial charge in [-0.05, 0) is 18.4 Å². The summed E-state index contributed by atoms with van der Waals surface area (Å²) in [5.74, 6) is -4.43. The summed E-state index contributed by atoms with van der Waals surface area (Å²) in [4.78, 5) is 60.0. The predicted octanol–water partition coefficient (Wildman–Crippen LogP) is -1.35. The molecule has 32 heavy (non-hydrogen) atoms. The van der Waals surface area contributed by atoms with Crippen molar-refractivity contribution < 1.29 is 29.1 Å². The van der Waals surface area contributed by atoms with Gasteiger partial charge in [0.05, 0.1) is 12.5 Å². The minimum atomic E-state index is -1.24. The van der Waals surface area contributed by atoms with Gasteiger partial charge in [-0.3, -0.25) is 24.0 Å². The van der Waals surface area contributed by atoms with Crippen LogP contribution in [0.1, 0.15) is 32.8 Å². The van der Waals surface area contributed by atoms with Crippen molar-refractivity contribution >= 4 is 29.6 Å². The molecule has 0 saturated heterocycles. The topological polar surface area (TPSA) is 194 Å². The standard InChI is InChI=1S/C21H31N5O6/c1-11(2)17(20(30)24-12(3)21(31)32)26-19(29)15(9-13-7-5-4-6-8-13)25-18(28)14(22)10-16(23)27/h4-8,11-12,14-15,17H,9-10,22H2,1-3H3,(H2,23,27)(H,24,30)(H,25,28)(H,26,29)(H,31,32). The Kier molecular flexibility index (Phi) is 10.3. The third kappa shape index (κ3) is 8.72. The number of rotatable bonds is 12. The van der Waals surface area contributed by atoms with Crippen LogP contribution in [0.2, 0.25) is 0 Å². The molecule has 0 aliphatic carbocycles. The Hall–Kier alpha value is -3.47. The average Bonchev–Trinajstić information content (AvgIpc) is 2.70. The van der Waals surface area contributed by atoms with Gasteiger partial charge < -0.3 is 32.5 Å². The summed E-state index contributed by atoms with van der Waals surface area (Å²) in [5.41, 5.74) is 11.5. The molecule has 0 aliphatic heterocycles. The molecule has 0 aromatic heterocycles. The van der Waals surface area contributed by atoms with Crippen molar-refractivity contribution in [3.05, 3.63) is 35.9 Å². The van der Waals surface area contributed by atoms with E-state index >= 15 is 0 Å². The maximum absolute atomic E-state index is 13.0. The molecule has 0 aliphatic rings. The summed E-state index contributed by atoms with van der Waals surface area (Å²) in [7, 11) is 0. The molecule has 11 heteroatoms. The second-order valence-corrected chi connectivity index (χ2v) is 7.83. The van der Waals surface area contributed by atoms with Gasteiger partial charge in [0.1, 0.15) is 18.1 Å². The van der Waals surface area contributed by atoms with E-state index in [2.05, 4.69) is 16.0 Å². The number of nitrogens with one attached hydrogen (secondary N) is 3. The molecule has 0 fully saturated rings. The minimum Gasteiger partial charge on any atom is -0.480 e. The van der Waals surface area contributed by atoms with Crippen LogP contribution in [-0.4, -0.2) is 58.9 Å². The monoisotopic (exact) mass is 449 g/mol. The molecule has 0 bridgehead atoms. The van der Waals surface area contributed by atoms with Gasteiger partial charge in [0.25, 0.3) is 0 Å². The number of aliphatic carboxylic acids is 1. The number of primary amides is 1. The number of hydrogen-bond donors (Lipinski definition) is 6. The Morgan fingerprint density at radius 1 is 0.906 bits per heavy atom. The second-order valence-electron chi connectivity index (χ2n) is 7.83. The molecule has 1 aromatic carbocycles. The van der Waals surface area contributed by atoms with Crippen molar-refractivity contribution in [1.82, 2.24) is 16.0 Å². The highest BCUT2D eigenvalue weighted by atomic mass is 16.4. The lowest BCUT2D eigenvalue weighted by molar-refractivity contribution is -0.142. The van der Waals surface area contributed by atoms with Crippen molar-refractivity contribution in [2.24, 2.45) is 17.4 Å². The van der Waals surface area contributed by atoms with E-state index in [0.717, 1.165) is 5.56 Å². The molecule has 4 unspecified atom stereocenters. The van der Waals surface area contributed by atoms with Crippen molar-refractivity contribution in [2.45, 2.75) is 57.8 Å². The van der Waals surface area contributed by atoms with Crippen molar-refractivity contribution in [1.29, 1.82) is 0 Å². The van der Waals surface area contributed by atoms with E-state index in [9.17, 15) is 24.0 Å². The number of carboxylic acid groups (broad SMARTS) is 1. The molecule has 1 aromatic rings. The molecular formula is C21H31N5O6. The fraction of sp³-hybridized carbons (Fsp3) is 0.476. The summed E-state index contributed by atoms with van der Waals surface area (Å²) in [5, 5.41) is 16.4. The van der Waals surface area contributed by atoms with E-state index in [0.29, 0.717) is 0 Å². The number of carboxylic acids is 1. The van der Waals surface area contributed by atoms with Gasteiger partial charge in [0.15, 0.2) is 0 Å². The maximum Gasteiger partial charge on any atom is 0.325 e. The lowest BCUT2D eigenvalue weighted by atomic mass is 10.0. The SMILES string of the molecule is CC(NC(=O)C(NC(=O)C(Cc1ccccc1)NC(=O)C(N)CC(N)=O)C(C)C)C(=O)O. The van der Waals surface area contributed by atoms with Crippen molar-refractivity contribution in [3.8, 4) is 0 Å². The molecule has 0 saturated carbocycles. The molecule has 8 N–H and O–H groups in total. The zero-order valence-corrected chi connectivity index (χ0v) is 18.3. The quantitative estimate of drug-likeness (QED) is 0.227. The van der Waals surface area contributed by atoms with Gasteiger partial charge in [0.2, 0.25) is 23.6 Å². The summed E-state index contributed by atoms with van der Waals surface area (Å²) in [6, 6.07) is 4.32.